The third-order valence-corrected chi connectivity index (χ3v) is 3.34. The SMILES string of the molecule is COC(=O)C(NC1CC(C)C1)C1CC1. The lowest BCUT2D eigenvalue weighted by molar-refractivity contribution is -0.144. The van der Waals surface area contributed by atoms with Gasteiger partial charge >= 0.3 is 5.97 Å². The van der Waals surface area contributed by atoms with Crippen molar-refractivity contribution in [3.05, 3.63) is 0 Å². The minimum absolute atomic E-state index is 0.0301. The van der Waals surface area contributed by atoms with E-state index in [4.69, 9.17) is 4.74 Å². The highest BCUT2D eigenvalue weighted by atomic mass is 16.5. The van der Waals surface area contributed by atoms with Crippen LogP contribution in [0.4, 0.5) is 0 Å². The Morgan fingerprint density at radius 3 is 2.50 bits per heavy atom. The molecule has 0 aromatic carbocycles. The molecule has 1 unspecified atom stereocenters. The lowest BCUT2D eigenvalue weighted by Crippen LogP contribution is -2.50. The van der Waals surface area contributed by atoms with Crippen LogP contribution in [0.2, 0.25) is 0 Å². The third-order valence-electron chi connectivity index (χ3n) is 3.34. The molecule has 0 radical (unpaired) electrons. The van der Waals surface area contributed by atoms with Gasteiger partial charge in [-0.25, -0.2) is 0 Å². The molecule has 2 aliphatic rings. The van der Waals surface area contributed by atoms with E-state index in [-0.39, 0.29) is 12.0 Å². The van der Waals surface area contributed by atoms with E-state index in [9.17, 15) is 4.79 Å². The normalized spacial score (nSPS) is 33.3. The van der Waals surface area contributed by atoms with Crippen LogP contribution in [0.1, 0.15) is 32.6 Å². The van der Waals surface area contributed by atoms with Crippen molar-refractivity contribution in [2.75, 3.05) is 7.11 Å². The quantitative estimate of drug-likeness (QED) is 0.691. The van der Waals surface area contributed by atoms with Crippen molar-refractivity contribution in [1.82, 2.24) is 5.32 Å². The summed E-state index contributed by atoms with van der Waals surface area (Å²) in [6.45, 7) is 2.25. The van der Waals surface area contributed by atoms with E-state index in [1.54, 1.807) is 0 Å². The summed E-state index contributed by atoms with van der Waals surface area (Å²) in [4.78, 5) is 11.5. The Bertz CT molecular complexity index is 219. The molecule has 0 bridgehead atoms. The Morgan fingerprint density at radius 1 is 1.43 bits per heavy atom. The Kier molecular flexibility index (Phi) is 2.77. The molecule has 3 nitrogen and oxygen atoms in total. The summed E-state index contributed by atoms with van der Waals surface area (Å²) in [5.41, 5.74) is 0. The molecule has 80 valence electrons. The van der Waals surface area contributed by atoms with Gasteiger partial charge in [-0.05, 0) is 37.5 Å². The molecule has 2 rings (SSSR count). The van der Waals surface area contributed by atoms with Gasteiger partial charge in [-0.2, -0.15) is 0 Å². The minimum atomic E-state index is -0.0768. The molecule has 2 aliphatic carbocycles. The van der Waals surface area contributed by atoms with E-state index in [2.05, 4.69) is 12.2 Å². The second-order valence-electron chi connectivity index (χ2n) is 4.78. The molecule has 0 aromatic rings. The average molecular weight is 197 g/mol. The maximum Gasteiger partial charge on any atom is 0.323 e. The van der Waals surface area contributed by atoms with Gasteiger partial charge in [0.15, 0.2) is 0 Å². The molecule has 0 aromatic heterocycles. The van der Waals surface area contributed by atoms with Gasteiger partial charge in [-0.1, -0.05) is 6.92 Å². The fourth-order valence-electron chi connectivity index (χ4n) is 2.25. The number of carbonyl (C=O) groups excluding carboxylic acids is 1. The Hall–Kier alpha value is -0.570. The Labute approximate surface area is 85.2 Å². The van der Waals surface area contributed by atoms with E-state index in [1.165, 1.54) is 32.8 Å². The van der Waals surface area contributed by atoms with Crippen LogP contribution in [-0.2, 0) is 9.53 Å². The highest BCUT2D eigenvalue weighted by molar-refractivity contribution is 5.76. The molecule has 0 aliphatic heterocycles. The molecule has 0 saturated heterocycles. The second-order valence-corrected chi connectivity index (χ2v) is 4.78. The summed E-state index contributed by atoms with van der Waals surface area (Å²) >= 11 is 0. The smallest absolute Gasteiger partial charge is 0.323 e. The zero-order valence-corrected chi connectivity index (χ0v) is 8.95. The van der Waals surface area contributed by atoms with Gasteiger partial charge in [0.1, 0.15) is 6.04 Å². The first-order valence-electron chi connectivity index (χ1n) is 5.54. The highest BCUT2D eigenvalue weighted by Crippen LogP contribution is 2.35. The molecule has 0 heterocycles. The van der Waals surface area contributed by atoms with Gasteiger partial charge in [0.2, 0.25) is 0 Å². The van der Waals surface area contributed by atoms with Crippen LogP contribution in [0.25, 0.3) is 0 Å². The second kappa shape index (κ2) is 3.89. The van der Waals surface area contributed by atoms with Gasteiger partial charge in [0, 0.05) is 6.04 Å². The molecule has 3 heteroatoms. The van der Waals surface area contributed by atoms with E-state index >= 15 is 0 Å². The molecular weight excluding hydrogens is 178 g/mol. The average Bonchev–Trinajstić information content (AvgIpc) is 2.92. The topological polar surface area (TPSA) is 38.3 Å². The van der Waals surface area contributed by atoms with Crippen LogP contribution in [0.15, 0.2) is 0 Å². The molecule has 1 N–H and O–H groups in total. The highest BCUT2D eigenvalue weighted by Gasteiger charge is 2.39. The van der Waals surface area contributed by atoms with E-state index in [0.717, 1.165) is 5.92 Å². The molecular formula is C11H19NO2. The zero-order chi connectivity index (χ0) is 10.1. The zero-order valence-electron chi connectivity index (χ0n) is 8.95. The van der Waals surface area contributed by atoms with Gasteiger partial charge in [0.25, 0.3) is 0 Å². The summed E-state index contributed by atoms with van der Waals surface area (Å²) in [6, 6.07) is 0.521. The first-order chi connectivity index (χ1) is 6.70. The van der Waals surface area contributed by atoms with Gasteiger partial charge in [0.05, 0.1) is 7.11 Å². The number of methoxy groups -OCH3 is 1. The van der Waals surface area contributed by atoms with E-state index < -0.39 is 0 Å². The van der Waals surface area contributed by atoms with Crippen molar-refractivity contribution in [2.24, 2.45) is 11.8 Å². The summed E-state index contributed by atoms with van der Waals surface area (Å²) in [5.74, 6) is 1.29. The van der Waals surface area contributed by atoms with Crippen molar-refractivity contribution < 1.29 is 9.53 Å². The number of hydrogen-bond acceptors (Lipinski definition) is 3. The first kappa shape index (κ1) is 9.97. The Balaban J connectivity index is 1.81. The molecule has 1 atom stereocenters. The number of ether oxygens (including phenoxy) is 1. The van der Waals surface area contributed by atoms with Crippen molar-refractivity contribution >= 4 is 5.97 Å². The largest absolute Gasteiger partial charge is 0.468 e. The molecule has 14 heavy (non-hydrogen) atoms. The standard InChI is InChI=1S/C11H19NO2/c1-7-5-9(6-7)12-10(8-3-4-8)11(13)14-2/h7-10,12H,3-6H2,1-2H3. The van der Waals surface area contributed by atoms with E-state index in [0.29, 0.717) is 12.0 Å². The fraction of sp³-hybridized carbons (Fsp3) is 0.909. The van der Waals surface area contributed by atoms with Crippen LogP contribution >= 0.6 is 0 Å². The van der Waals surface area contributed by atoms with Crippen molar-refractivity contribution in [3.63, 3.8) is 0 Å². The van der Waals surface area contributed by atoms with Gasteiger partial charge < -0.3 is 10.1 Å². The van der Waals surface area contributed by atoms with Gasteiger partial charge in [-0.15, -0.1) is 0 Å². The predicted octanol–water partition coefficient (Wildman–Crippen LogP) is 1.33. The molecule has 2 fully saturated rings. The summed E-state index contributed by atoms with van der Waals surface area (Å²) in [7, 11) is 1.47. The van der Waals surface area contributed by atoms with Crippen molar-refractivity contribution in [1.29, 1.82) is 0 Å². The first-order valence-corrected chi connectivity index (χ1v) is 5.54. The van der Waals surface area contributed by atoms with Crippen molar-refractivity contribution in [2.45, 2.75) is 44.7 Å². The number of carbonyl (C=O) groups is 1. The predicted molar refractivity (Wildman–Crippen MR) is 53.8 cm³/mol. The Morgan fingerprint density at radius 2 is 2.07 bits per heavy atom. The maximum absolute atomic E-state index is 11.5. The van der Waals surface area contributed by atoms with Gasteiger partial charge in [-0.3, -0.25) is 4.79 Å². The monoisotopic (exact) mass is 197 g/mol. The minimum Gasteiger partial charge on any atom is -0.468 e. The van der Waals surface area contributed by atoms with E-state index in [1.807, 2.05) is 0 Å². The third kappa shape index (κ3) is 2.08. The number of rotatable bonds is 4. The maximum atomic E-state index is 11.5. The van der Waals surface area contributed by atoms with Crippen LogP contribution in [0.3, 0.4) is 0 Å². The van der Waals surface area contributed by atoms with Crippen LogP contribution in [0.5, 0.6) is 0 Å². The fourth-order valence-corrected chi connectivity index (χ4v) is 2.25. The molecule has 2 saturated carbocycles. The van der Waals surface area contributed by atoms with Crippen molar-refractivity contribution in [3.8, 4) is 0 Å². The summed E-state index contributed by atoms with van der Waals surface area (Å²) < 4.78 is 4.81. The lowest BCUT2D eigenvalue weighted by atomic mass is 9.81. The number of hydrogen-bond donors (Lipinski definition) is 1. The summed E-state index contributed by atoms with van der Waals surface area (Å²) in [5, 5.41) is 3.42. The molecule has 0 amide bonds. The number of nitrogens with one attached hydrogen (secondary N) is 1. The lowest BCUT2D eigenvalue weighted by Gasteiger charge is -2.35. The van der Waals surface area contributed by atoms with Crippen LogP contribution in [-0.4, -0.2) is 25.2 Å². The van der Waals surface area contributed by atoms with Crippen LogP contribution < -0.4 is 5.32 Å². The van der Waals surface area contributed by atoms with Crippen LogP contribution in [0, 0.1) is 11.8 Å². The molecule has 0 spiro atoms. The summed E-state index contributed by atoms with van der Waals surface area (Å²) in [6.07, 6.45) is 4.77. The number of esters is 1.